The number of aromatic nitrogens is 1. The Kier molecular flexibility index (Phi) is 7.80. The Labute approximate surface area is 230 Å². The smallest absolute Gasteiger partial charge is 0.416 e. The van der Waals surface area contributed by atoms with Crippen LogP contribution in [-0.2, 0) is 30.4 Å². The van der Waals surface area contributed by atoms with Crippen molar-refractivity contribution in [2.24, 2.45) is 5.92 Å². The van der Waals surface area contributed by atoms with Crippen LogP contribution in [0.5, 0.6) is 11.5 Å². The molecular weight excluding hydrogens is 521 g/mol. The molecule has 2 amide bonds. The van der Waals surface area contributed by atoms with E-state index < -0.39 is 17.6 Å². The lowest BCUT2D eigenvalue weighted by Crippen LogP contribution is -2.39. The third-order valence-corrected chi connectivity index (χ3v) is 6.99. The summed E-state index contributed by atoms with van der Waals surface area (Å²) in [6, 6.07) is 12.4. The molecule has 0 aliphatic heterocycles. The lowest BCUT2D eigenvalue weighted by atomic mass is 9.88. The number of fused-ring (bicyclic) bond motifs is 1. The molecule has 2 aromatic carbocycles. The summed E-state index contributed by atoms with van der Waals surface area (Å²) in [4.78, 5) is 31.0. The van der Waals surface area contributed by atoms with Gasteiger partial charge in [-0.05, 0) is 99.3 Å². The number of rotatable bonds is 8. The Bertz CT molecular complexity index is 1420. The molecule has 2 aliphatic rings. The third kappa shape index (κ3) is 6.98. The Morgan fingerprint density at radius 2 is 1.77 bits per heavy atom. The number of ether oxygens (including phenoxy) is 1. The molecule has 10 heteroatoms. The lowest BCUT2D eigenvalue weighted by molar-refractivity contribution is -0.137. The van der Waals surface area contributed by atoms with E-state index in [-0.39, 0.29) is 30.0 Å². The minimum absolute atomic E-state index is 0.00294. The second-order valence-electron chi connectivity index (χ2n) is 10.7. The van der Waals surface area contributed by atoms with Gasteiger partial charge in [-0.3, -0.25) is 9.59 Å². The topological polar surface area (TPSA) is 83.6 Å². The van der Waals surface area contributed by atoms with Crippen molar-refractivity contribution in [2.45, 2.75) is 50.9 Å². The summed E-state index contributed by atoms with van der Waals surface area (Å²) in [6.45, 7) is 0.287. The maximum atomic E-state index is 13.5. The van der Waals surface area contributed by atoms with Crippen LogP contribution >= 0.6 is 0 Å². The van der Waals surface area contributed by atoms with Crippen molar-refractivity contribution < 1.29 is 27.5 Å². The number of carbonyl (C=O) groups excluding carboxylic acids is 2. The molecule has 0 radical (unpaired) electrons. The van der Waals surface area contributed by atoms with Gasteiger partial charge in [0, 0.05) is 36.3 Å². The molecule has 0 bridgehead atoms. The van der Waals surface area contributed by atoms with Crippen molar-refractivity contribution in [3.8, 4) is 11.5 Å². The fourth-order valence-electron chi connectivity index (χ4n) is 4.88. The Morgan fingerprint density at radius 3 is 2.50 bits per heavy atom. The van der Waals surface area contributed by atoms with E-state index in [9.17, 15) is 22.8 Å². The molecule has 7 nitrogen and oxygen atoms in total. The number of carbonyl (C=O) groups is 2. The summed E-state index contributed by atoms with van der Waals surface area (Å²) in [6.07, 6.45) is 0.751. The molecule has 1 atom stereocenters. The molecule has 5 rings (SSSR count). The van der Waals surface area contributed by atoms with E-state index in [0.717, 1.165) is 42.5 Å². The van der Waals surface area contributed by atoms with Crippen LogP contribution in [-0.4, -0.2) is 41.8 Å². The van der Waals surface area contributed by atoms with Gasteiger partial charge in [-0.1, -0.05) is 6.07 Å². The quantitative estimate of drug-likeness (QED) is 0.381. The van der Waals surface area contributed by atoms with Gasteiger partial charge in [-0.25, -0.2) is 4.98 Å². The van der Waals surface area contributed by atoms with E-state index in [0.29, 0.717) is 35.7 Å². The molecule has 1 heterocycles. The molecule has 0 unspecified atom stereocenters. The molecule has 2 N–H and O–H groups in total. The largest absolute Gasteiger partial charge is 0.457 e. The molecule has 1 aromatic heterocycles. The van der Waals surface area contributed by atoms with Gasteiger partial charge in [0.05, 0.1) is 5.56 Å². The van der Waals surface area contributed by atoms with Gasteiger partial charge in [0.15, 0.2) is 0 Å². The van der Waals surface area contributed by atoms with Crippen LogP contribution in [0.15, 0.2) is 54.7 Å². The number of halogens is 3. The van der Waals surface area contributed by atoms with Crippen molar-refractivity contribution >= 4 is 17.6 Å². The molecule has 210 valence electrons. The summed E-state index contributed by atoms with van der Waals surface area (Å²) < 4.78 is 46.5. The van der Waals surface area contributed by atoms with Gasteiger partial charge in [-0.2, -0.15) is 13.2 Å². The number of anilines is 1. The summed E-state index contributed by atoms with van der Waals surface area (Å²) in [7, 11) is 3.52. The molecule has 2 aliphatic carbocycles. The van der Waals surface area contributed by atoms with E-state index in [4.69, 9.17) is 4.74 Å². The van der Waals surface area contributed by atoms with Gasteiger partial charge < -0.3 is 20.3 Å². The fourth-order valence-corrected chi connectivity index (χ4v) is 4.88. The van der Waals surface area contributed by atoms with E-state index in [1.165, 1.54) is 6.07 Å². The maximum absolute atomic E-state index is 13.5. The Hall–Kier alpha value is -3.92. The zero-order valence-corrected chi connectivity index (χ0v) is 22.3. The van der Waals surface area contributed by atoms with Crippen molar-refractivity contribution in [2.75, 3.05) is 19.4 Å². The number of hydrogen-bond acceptors (Lipinski definition) is 5. The number of pyridine rings is 1. The van der Waals surface area contributed by atoms with Crippen LogP contribution in [0.3, 0.4) is 0 Å². The van der Waals surface area contributed by atoms with Crippen molar-refractivity contribution in [3.05, 3.63) is 82.5 Å². The van der Waals surface area contributed by atoms with Crippen LogP contribution in [0.25, 0.3) is 0 Å². The van der Waals surface area contributed by atoms with Crippen molar-refractivity contribution in [1.29, 1.82) is 0 Å². The number of aryl methyl sites for hydroxylation is 1. The maximum Gasteiger partial charge on any atom is 0.416 e. The predicted molar refractivity (Wildman–Crippen MR) is 144 cm³/mol. The second kappa shape index (κ2) is 11.3. The van der Waals surface area contributed by atoms with Crippen LogP contribution in [0, 0.1) is 5.92 Å². The van der Waals surface area contributed by atoms with Gasteiger partial charge in [-0.15, -0.1) is 0 Å². The highest BCUT2D eigenvalue weighted by atomic mass is 19.4. The molecular formula is C30H31F3N4O3. The van der Waals surface area contributed by atoms with Gasteiger partial charge >= 0.3 is 6.18 Å². The minimum Gasteiger partial charge on any atom is -0.457 e. The highest BCUT2D eigenvalue weighted by molar-refractivity contribution is 5.95. The number of amides is 2. The van der Waals surface area contributed by atoms with E-state index in [2.05, 4.69) is 15.6 Å². The van der Waals surface area contributed by atoms with Crippen LogP contribution in [0.2, 0.25) is 0 Å². The minimum atomic E-state index is -4.55. The zero-order valence-electron chi connectivity index (χ0n) is 22.3. The van der Waals surface area contributed by atoms with Gasteiger partial charge in [0.1, 0.15) is 17.3 Å². The Balaban J connectivity index is 1.26. The summed E-state index contributed by atoms with van der Waals surface area (Å²) >= 11 is 0. The first-order valence-corrected chi connectivity index (χ1v) is 13.3. The van der Waals surface area contributed by atoms with Crippen molar-refractivity contribution in [1.82, 2.24) is 15.2 Å². The average Bonchev–Trinajstić information content (AvgIpc) is 3.73. The molecule has 3 aromatic rings. The van der Waals surface area contributed by atoms with Crippen LogP contribution in [0.4, 0.5) is 19.0 Å². The number of nitrogens with one attached hydrogen (secondary N) is 2. The Morgan fingerprint density at radius 1 is 1.00 bits per heavy atom. The number of hydrogen-bond donors (Lipinski definition) is 2. The van der Waals surface area contributed by atoms with E-state index in [1.807, 2.05) is 18.2 Å². The SMILES string of the molecule is CN(C)Cc1cc(C(=O)N[C@H]2CCc3ccc(Oc4ccnc(NC(=O)C5CC5)c4)cc3C2)cc(C(F)(F)F)c1. The van der Waals surface area contributed by atoms with Gasteiger partial charge in [0.25, 0.3) is 5.91 Å². The standard InChI is InChI=1S/C30H31F3N4O3/c1-37(2)17-18-11-22(13-23(12-18)30(31,32)33)29(39)35-24-7-5-19-6-8-25(15-21(19)14-24)40-26-9-10-34-27(16-26)36-28(38)20-3-4-20/h6,8-13,15-16,20,24H,3-5,7,14,17H2,1-2H3,(H,35,39)(H,34,36,38)/t24-/m0/s1. The lowest BCUT2D eigenvalue weighted by Gasteiger charge is -2.26. The molecule has 40 heavy (non-hydrogen) atoms. The molecule has 0 saturated heterocycles. The summed E-state index contributed by atoms with van der Waals surface area (Å²) in [5.74, 6) is 1.06. The average molecular weight is 553 g/mol. The predicted octanol–water partition coefficient (Wildman–Crippen LogP) is 5.59. The van der Waals surface area contributed by atoms with Crippen LogP contribution in [0.1, 0.15) is 51.9 Å². The normalized spacial score (nSPS) is 16.8. The first-order chi connectivity index (χ1) is 19.0. The summed E-state index contributed by atoms with van der Waals surface area (Å²) in [5, 5.41) is 5.74. The fraction of sp³-hybridized carbons (Fsp3) is 0.367. The first-order valence-electron chi connectivity index (χ1n) is 13.3. The number of benzene rings is 2. The summed E-state index contributed by atoms with van der Waals surface area (Å²) in [5.41, 5.74) is 1.73. The second-order valence-corrected chi connectivity index (χ2v) is 10.7. The van der Waals surface area contributed by atoms with Crippen LogP contribution < -0.4 is 15.4 Å². The zero-order chi connectivity index (χ0) is 28.4. The first kappa shape index (κ1) is 27.6. The van der Waals surface area contributed by atoms with E-state index in [1.54, 1.807) is 37.3 Å². The highest BCUT2D eigenvalue weighted by Crippen LogP contribution is 2.33. The van der Waals surface area contributed by atoms with Crippen molar-refractivity contribution in [3.63, 3.8) is 0 Å². The highest BCUT2D eigenvalue weighted by Gasteiger charge is 2.32. The molecule has 1 fully saturated rings. The van der Waals surface area contributed by atoms with E-state index >= 15 is 0 Å². The number of alkyl halides is 3. The molecule has 0 spiro atoms. The van der Waals surface area contributed by atoms with Gasteiger partial charge in [0.2, 0.25) is 5.91 Å². The molecule has 1 saturated carbocycles. The monoisotopic (exact) mass is 552 g/mol. The third-order valence-electron chi connectivity index (χ3n) is 6.99. The number of nitrogens with zero attached hydrogens (tertiary/aromatic N) is 2.